The first kappa shape index (κ1) is 16.5. The van der Waals surface area contributed by atoms with Crippen molar-refractivity contribution in [1.29, 1.82) is 0 Å². The Bertz CT molecular complexity index is 593. The van der Waals surface area contributed by atoms with E-state index in [1.54, 1.807) is 19.2 Å². The molecule has 1 atom stereocenters. The van der Waals surface area contributed by atoms with Gasteiger partial charge in [-0.05, 0) is 74.2 Å². The van der Waals surface area contributed by atoms with Crippen LogP contribution in [0.1, 0.15) is 24.1 Å². The highest BCUT2D eigenvalue weighted by Crippen LogP contribution is 2.34. The van der Waals surface area contributed by atoms with Crippen molar-refractivity contribution in [2.75, 3.05) is 7.11 Å². The topological polar surface area (TPSA) is 21.3 Å². The molecule has 2 rings (SSSR count). The number of nitrogens with one attached hydrogen (secondary N) is 1. The Morgan fingerprint density at radius 3 is 2.24 bits per heavy atom. The molecule has 2 aromatic rings. The van der Waals surface area contributed by atoms with E-state index in [0.717, 1.165) is 25.8 Å². The summed E-state index contributed by atoms with van der Waals surface area (Å²) < 4.78 is 20.0. The van der Waals surface area contributed by atoms with E-state index in [2.05, 4.69) is 44.1 Å². The van der Waals surface area contributed by atoms with E-state index in [1.165, 1.54) is 12.1 Å². The SMILES string of the molecule is COc1c(Br)cc(CN[C@@H](C)c2ccc(F)cc2)cc1Br. The van der Waals surface area contributed by atoms with Crippen LogP contribution in [0.4, 0.5) is 4.39 Å². The van der Waals surface area contributed by atoms with Gasteiger partial charge in [0.05, 0.1) is 16.1 Å². The first-order valence-electron chi connectivity index (χ1n) is 6.52. The zero-order valence-corrected chi connectivity index (χ0v) is 15.0. The Morgan fingerprint density at radius 1 is 1.14 bits per heavy atom. The van der Waals surface area contributed by atoms with Crippen molar-refractivity contribution in [2.24, 2.45) is 0 Å². The van der Waals surface area contributed by atoms with Crippen molar-refractivity contribution in [3.63, 3.8) is 0 Å². The van der Waals surface area contributed by atoms with Crippen LogP contribution in [-0.4, -0.2) is 7.11 Å². The highest BCUT2D eigenvalue weighted by Gasteiger charge is 2.09. The second kappa shape index (κ2) is 7.38. The monoisotopic (exact) mass is 415 g/mol. The zero-order valence-electron chi connectivity index (χ0n) is 11.8. The Labute approximate surface area is 141 Å². The van der Waals surface area contributed by atoms with Crippen LogP contribution < -0.4 is 10.1 Å². The molecule has 0 aliphatic carbocycles. The molecule has 0 aliphatic rings. The third kappa shape index (κ3) is 4.28. The van der Waals surface area contributed by atoms with Gasteiger partial charge in [0.2, 0.25) is 0 Å². The van der Waals surface area contributed by atoms with Gasteiger partial charge in [-0.15, -0.1) is 0 Å². The number of methoxy groups -OCH3 is 1. The molecule has 0 fully saturated rings. The number of rotatable bonds is 5. The molecule has 0 aliphatic heterocycles. The minimum Gasteiger partial charge on any atom is -0.494 e. The van der Waals surface area contributed by atoms with E-state index < -0.39 is 0 Å². The lowest BCUT2D eigenvalue weighted by Crippen LogP contribution is -2.18. The van der Waals surface area contributed by atoms with Gasteiger partial charge in [-0.3, -0.25) is 0 Å². The maximum atomic E-state index is 12.9. The van der Waals surface area contributed by atoms with Crippen LogP contribution in [0.5, 0.6) is 5.75 Å². The molecule has 0 unspecified atom stereocenters. The van der Waals surface area contributed by atoms with E-state index in [1.807, 2.05) is 12.1 Å². The van der Waals surface area contributed by atoms with E-state index in [4.69, 9.17) is 4.74 Å². The third-order valence-corrected chi connectivity index (χ3v) is 4.42. The molecule has 0 saturated heterocycles. The fraction of sp³-hybridized carbons (Fsp3) is 0.250. The summed E-state index contributed by atoms with van der Waals surface area (Å²) in [5, 5.41) is 3.42. The van der Waals surface area contributed by atoms with Crippen molar-refractivity contribution < 1.29 is 9.13 Å². The highest BCUT2D eigenvalue weighted by molar-refractivity contribution is 9.11. The van der Waals surface area contributed by atoms with Crippen LogP contribution >= 0.6 is 31.9 Å². The zero-order chi connectivity index (χ0) is 15.4. The van der Waals surface area contributed by atoms with Gasteiger partial charge in [0.1, 0.15) is 11.6 Å². The maximum Gasteiger partial charge on any atom is 0.147 e. The van der Waals surface area contributed by atoms with Crippen molar-refractivity contribution in [2.45, 2.75) is 19.5 Å². The number of hydrogen-bond donors (Lipinski definition) is 1. The largest absolute Gasteiger partial charge is 0.494 e. The molecule has 2 aromatic carbocycles. The van der Waals surface area contributed by atoms with Crippen molar-refractivity contribution in [3.05, 3.63) is 62.3 Å². The molecule has 0 aromatic heterocycles. The summed E-state index contributed by atoms with van der Waals surface area (Å²) in [6.07, 6.45) is 0. The van der Waals surface area contributed by atoms with Gasteiger partial charge in [0.25, 0.3) is 0 Å². The van der Waals surface area contributed by atoms with Crippen molar-refractivity contribution >= 4 is 31.9 Å². The predicted molar refractivity (Wildman–Crippen MR) is 90.0 cm³/mol. The molecule has 5 heteroatoms. The number of ether oxygens (including phenoxy) is 1. The quantitative estimate of drug-likeness (QED) is 0.722. The lowest BCUT2D eigenvalue weighted by atomic mass is 10.1. The summed E-state index contributed by atoms with van der Waals surface area (Å²) >= 11 is 6.99. The van der Waals surface area contributed by atoms with Crippen LogP contribution in [0.3, 0.4) is 0 Å². The van der Waals surface area contributed by atoms with Gasteiger partial charge in [-0.1, -0.05) is 12.1 Å². The van der Waals surface area contributed by atoms with E-state index in [9.17, 15) is 4.39 Å². The number of halogens is 3. The van der Waals surface area contributed by atoms with Crippen LogP contribution in [0.2, 0.25) is 0 Å². The molecule has 0 heterocycles. The molecule has 0 spiro atoms. The van der Waals surface area contributed by atoms with Crippen LogP contribution in [0, 0.1) is 5.82 Å². The molecule has 0 amide bonds. The fourth-order valence-corrected chi connectivity index (χ4v) is 3.65. The van der Waals surface area contributed by atoms with E-state index >= 15 is 0 Å². The minimum absolute atomic E-state index is 0.144. The summed E-state index contributed by atoms with van der Waals surface area (Å²) in [5.41, 5.74) is 2.19. The van der Waals surface area contributed by atoms with Crippen LogP contribution in [0.25, 0.3) is 0 Å². The number of hydrogen-bond acceptors (Lipinski definition) is 2. The van der Waals surface area contributed by atoms with Gasteiger partial charge in [-0.2, -0.15) is 0 Å². The molecule has 0 radical (unpaired) electrons. The molecule has 0 bridgehead atoms. The van der Waals surface area contributed by atoms with Crippen molar-refractivity contribution in [3.8, 4) is 5.75 Å². The van der Waals surface area contributed by atoms with Crippen LogP contribution in [-0.2, 0) is 6.54 Å². The minimum atomic E-state index is -0.214. The Hall–Kier alpha value is -0.910. The highest BCUT2D eigenvalue weighted by atomic mass is 79.9. The lowest BCUT2D eigenvalue weighted by Gasteiger charge is -2.15. The molecule has 21 heavy (non-hydrogen) atoms. The fourth-order valence-electron chi connectivity index (χ4n) is 2.05. The summed E-state index contributed by atoms with van der Waals surface area (Å²) in [7, 11) is 1.64. The van der Waals surface area contributed by atoms with Gasteiger partial charge < -0.3 is 10.1 Å². The van der Waals surface area contributed by atoms with E-state index in [0.29, 0.717) is 6.54 Å². The summed E-state index contributed by atoms with van der Waals surface area (Å²) in [6, 6.07) is 10.7. The van der Waals surface area contributed by atoms with Crippen LogP contribution in [0.15, 0.2) is 45.3 Å². The Kier molecular flexibility index (Phi) is 5.79. The number of benzene rings is 2. The molecular weight excluding hydrogens is 401 g/mol. The first-order chi connectivity index (χ1) is 10.0. The molecular formula is C16H16Br2FNO. The summed E-state index contributed by atoms with van der Waals surface area (Å²) in [6.45, 7) is 2.76. The first-order valence-corrected chi connectivity index (χ1v) is 8.10. The average Bonchev–Trinajstić information content (AvgIpc) is 2.45. The standard InChI is InChI=1S/C16H16Br2FNO/c1-10(12-3-5-13(19)6-4-12)20-9-11-7-14(17)16(21-2)15(18)8-11/h3-8,10,20H,9H2,1-2H3/t10-/m0/s1. The second-order valence-electron chi connectivity index (χ2n) is 4.75. The maximum absolute atomic E-state index is 12.9. The van der Waals surface area contributed by atoms with Crippen molar-refractivity contribution in [1.82, 2.24) is 5.32 Å². The average molecular weight is 417 g/mol. The smallest absolute Gasteiger partial charge is 0.147 e. The Morgan fingerprint density at radius 2 is 1.71 bits per heavy atom. The third-order valence-electron chi connectivity index (χ3n) is 3.24. The summed E-state index contributed by atoms with van der Waals surface area (Å²) in [4.78, 5) is 0. The molecule has 1 N–H and O–H groups in total. The summed E-state index contributed by atoms with van der Waals surface area (Å²) in [5.74, 6) is 0.569. The molecule has 0 saturated carbocycles. The van der Waals surface area contributed by atoms with E-state index in [-0.39, 0.29) is 11.9 Å². The van der Waals surface area contributed by atoms with Gasteiger partial charge in [-0.25, -0.2) is 4.39 Å². The molecule has 2 nitrogen and oxygen atoms in total. The van der Waals surface area contributed by atoms with Gasteiger partial charge in [0, 0.05) is 12.6 Å². The van der Waals surface area contributed by atoms with Gasteiger partial charge in [0.15, 0.2) is 0 Å². The predicted octanol–water partition coefficient (Wildman–Crippen LogP) is 5.21. The Balaban J connectivity index is 2.04. The normalized spacial score (nSPS) is 12.2. The van der Waals surface area contributed by atoms with Gasteiger partial charge >= 0.3 is 0 Å². The molecule has 112 valence electrons. The lowest BCUT2D eigenvalue weighted by molar-refractivity contribution is 0.409. The second-order valence-corrected chi connectivity index (χ2v) is 6.46.